The van der Waals surface area contributed by atoms with Crippen molar-refractivity contribution >= 4 is 11.9 Å². The van der Waals surface area contributed by atoms with Gasteiger partial charge in [-0.3, -0.25) is 4.79 Å². The summed E-state index contributed by atoms with van der Waals surface area (Å²) < 4.78 is 6.48. The predicted molar refractivity (Wildman–Crippen MR) is 58.7 cm³/mol. The van der Waals surface area contributed by atoms with Crippen molar-refractivity contribution in [3.8, 4) is 0 Å². The SMILES string of the molecule is O=C(Cn1cnc([N+](=O)[O-])n1)NCC1CCCO1. The summed E-state index contributed by atoms with van der Waals surface area (Å²) in [5.41, 5.74) is 0. The van der Waals surface area contributed by atoms with Crippen LogP contribution in [0.15, 0.2) is 6.33 Å². The second-order valence-electron chi connectivity index (χ2n) is 3.94. The van der Waals surface area contributed by atoms with E-state index in [0.29, 0.717) is 6.54 Å². The van der Waals surface area contributed by atoms with Crippen LogP contribution in [0.2, 0.25) is 0 Å². The number of amides is 1. The molecule has 0 saturated carbocycles. The van der Waals surface area contributed by atoms with E-state index in [2.05, 4.69) is 15.4 Å². The van der Waals surface area contributed by atoms with Gasteiger partial charge in [0.25, 0.3) is 0 Å². The summed E-state index contributed by atoms with van der Waals surface area (Å²) in [7, 11) is 0. The topological polar surface area (TPSA) is 112 Å². The molecular weight excluding hydrogens is 242 g/mol. The smallest absolute Gasteiger partial charge is 0.390 e. The molecule has 9 heteroatoms. The van der Waals surface area contributed by atoms with Crippen molar-refractivity contribution in [3.63, 3.8) is 0 Å². The first-order valence-corrected chi connectivity index (χ1v) is 5.57. The zero-order chi connectivity index (χ0) is 13.0. The standard InChI is InChI=1S/C9H13N5O4/c15-8(10-4-7-2-1-3-18-7)5-13-6-11-9(12-13)14(16)17/h6-7H,1-5H2,(H,10,15). The summed E-state index contributed by atoms with van der Waals surface area (Å²) in [4.78, 5) is 24.6. The van der Waals surface area contributed by atoms with Crippen molar-refractivity contribution in [2.45, 2.75) is 25.5 Å². The van der Waals surface area contributed by atoms with Crippen LogP contribution in [0.25, 0.3) is 0 Å². The van der Waals surface area contributed by atoms with Crippen LogP contribution in [0.1, 0.15) is 12.8 Å². The minimum absolute atomic E-state index is 0.0685. The van der Waals surface area contributed by atoms with Crippen LogP contribution < -0.4 is 5.32 Å². The Morgan fingerprint density at radius 1 is 1.72 bits per heavy atom. The van der Waals surface area contributed by atoms with Crippen LogP contribution in [0.4, 0.5) is 5.95 Å². The highest BCUT2D eigenvalue weighted by molar-refractivity contribution is 5.75. The summed E-state index contributed by atoms with van der Waals surface area (Å²) in [5.74, 6) is -0.785. The lowest BCUT2D eigenvalue weighted by molar-refractivity contribution is -0.394. The number of carbonyl (C=O) groups excluding carboxylic acids is 1. The Bertz CT molecular complexity index is 440. The highest BCUT2D eigenvalue weighted by Gasteiger charge is 2.18. The first-order valence-electron chi connectivity index (χ1n) is 5.57. The fourth-order valence-corrected chi connectivity index (χ4v) is 1.68. The largest absolute Gasteiger partial charge is 0.490 e. The van der Waals surface area contributed by atoms with Crippen molar-refractivity contribution in [1.82, 2.24) is 20.1 Å². The number of carbonyl (C=O) groups is 1. The quantitative estimate of drug-likeness (QED) is 0.559. The third kappa shape index (κ3) is 3.23. The normalized spacial score (nSPS) is 18.8. The maximum atomic E-state index is 11.5. The van der Waals surface area contributed by atoms with Crippen LogP contribution in [0.3, 0.4) is 0 Å². The molecular formula is C9H13N5O4. The van der Waals surface area contributed by atoms with Gasteiger partial charge in [0.05, 0.1) is 6.10 Å². The molecule has 1 unspecified atom stereocenters. The van der Waals surface area contributed by atoms with Crippen molar-refractivity contribution in [1.29, 1.82) is 0 Å². The zero-order valence-corrected chi connectivity index (χ0v) is 9.61. The average molecular weight is 255 g/mol. The van der Waals surface area contributed by atoms with Gasteiger partial charge < -0.3 is 20.2 Å². The number of rotatable bonds is 5. The first-order chi connectivity index (χ1) is 8.65. The van der Waals surface area contributed by atoms with E-state index in [9.17, 15) is 14.9 Å². The van der Waals surface area contributed by atoms with Crippen molar-refractivity contribution < 1.29 is 14.5 Å². The molecule has 1 aliphatic rings. The Morgan fingerprint density at radius 2 is 2.56 bits per heavy atom. The monoisotopic (exact) mass is 255 g/mol. The maximum Gasteiger partial charge on any atom is 0.490 e. The number of aromatic nitrogens is 3. The number of hydrogen-bond donors (Lipinski definition) is 1. The van der Waals surface area contributed by atoms with Crippen molar-refractivity contribution in [2.24, 2.45) is 0 Å². The Hall–Kier alpha value is -2.03. The number of nitro groups is 1. The summed E-state index contributed by atoms with van der Waals surface area (Å²) in [6.07, 6.45) is 3.17. The molecule has 0 aromatic carbocycles. The molecule has 98 valence electrons. The molecule has 1 N–H and O–H groups in total. The Balaban J connectivity index is 1.77. The minimum Gasteiger partial charge on any atom is -0.390 e. The molecule has 0 aliphatic carbocycles. The molecule has 1 atom stereocenters. The molecule has 2 rings (SSSR count). The number of nitrogens with zero attached hydrogens (tertiary/aromatic N) is 4. The minimum atomic E-state index is -0.708. The summed E-state index contributed by atoms with van der Waals surface area (Å²) in [6.45, 7) is 1.10. The van der Waals surface area contributed by atoms with E-state index in [1.54, 1.807) is 0 Å². The van der Waals surface area contributed by atoms with E-state index in [-0.39, 0.29) is 18.6 Å². The van der Waals surface area contributed by atoms with Gasteiger partial charge in [0, 0.05) is 18.3 Å². The number of ether oxygens (including phenoxy) is 1. The van der Waals surface area contributed by atoms with Gasteiger partial charge in [-0.1, -0.05) is 4.98 Å². The van der Waals surface area contributed by atoms with Gasteiger partial charge in [0.2, 0.25) is 12.2 Å². The lowest BCUT2D eigenvalue weighted by atomic mass is 10.2. The number of nitrogens with one attached hydrogen (secondary N) is 1. The highest BCUT2D eigenvalue weighted by Crippen LogP contribution is 2.10. The molecule has 1 fully saturated rings. The van der Waals surface area contributed by atoms with Crippen LogP contribution >= 0.6 is 0 Å². The van der Waals surface area contributed by atoms with Crippen molar-refractivity contribution in [3.05, 3.63) is 16.4 Å². The van der Waals surface area contributed by atoms with Crippen LogP contribution in [-0.2, 0) is 16.1 Å². The van der Waals surface area contributed by atoms with E-state index in [0.717, 1.165) is 30.5 Å². The van der Waals surface area contributed by atoms with E-state index in [1.165, 1.54) is 0 Å². The molecule has 1 aromatic rings. The highest BCUT2D eigenvalue weighted by atomic mass is 16.6. The predicted octanol–water partition coefficient (Wildman–Crippen LogP) is -0.519. The fourth-order valence-electron chi connectivity index (χ4n) is 1.68. The zero-order valence-electron chi connectivity index (χ0n) is 9.61. The average Bonchev–Trinajstić information content (AvgIpc) is 2.96. The summed E-state index contributed by atoms with van der Waals surface area (Å²) in [5, 5.41) is 16.6. The summed E-state index contributed by atoms with van der Waals surface area (Å²) in [6, 6.07) is 0. The molecule has 18 heavy (non-hydrogen) atoms. The van der Waals surface area contributed by atoms with E-state index < -0.39 is 10.9 Å². The van der Waals surface area contributed by atoms with Gasteiger partial charge in [-0.25, -0.2) is 0 Å². The molecule has 0 spiro atoms. The molecule has 0 radical (unpaired) electrons. The summed E-state index contributed by atoms with van der Waals surface area (Å²) >= 11 is 0. The molecule has 2 heterocycles. The van der Waals surface area contributed by atoms with Crippen LogP contribution in [0, 0.1) is 10.1 Å². The van der Waals surface area contributed by atoms with Gasteiger partial charge in [-0.05, 0) is 17.8 Å². The van der Waals surface area contributed by atoms with E-state index in [4.69, 9.17) is 4.74 Å². The van der Waals surface area contributed by atoms with Gasteiger partial charge >= 0.3 is 5.95 Å². The molecule has 1 aromatic heterocycles. The molecule has 1 aliphatic heterocycles. The Kier molecular flexibility index (Phi) is 3.82. The third-order valence-corrected chi connectivity index (χ3v) is 2.54. The van der Waals surface area contributed by atoms with E-state index in [1.807, 2.05) is 0 Å². The van der Waals surface area contributed by atoms with Crippen molar-refractivity contribution in [2.75, 3.05) is 13.2 Å². The first kappa shape index (κ1) is 12.4. The van der Waals surface area contributed by atoms with Crippen LogP contribution in [0.5, 0.6) is 0 Å². The fraction of sp³-hybridized carbons (Fsp3) is 0.667. The van der Waals surface area contributed by atoms with Gasteiger partial charge in [-0.2, -0.15) is 4.68 Å². The lowest BCUT2D eigenvalue weighted by Gasteiger charge is -2.09. The maximum absolute atomic E-state index is 11.5. The Morgan fingerprint density at radius 3 is 3.17 bits per heavy atom. The van der Waals surface area contributed by atoms with Crippen LogP contribution in [-0.4, -0.2) is 44.9 Å². The van der Waals surface area contributed by atoms with E-state index >= 15 is 0 Å². The lowest BCUT2D eigenvalue weighted by Crippen LogP contribution is -2.34. The molecule has 0 bridgehead atoms. The van der Waals surface area contributed by atoms with Gasteiger partial charge in [0.1, 0.15) is 6.54 Å². The Labute approximate surface area is 102 Å². The molecule has 1 saturated heterocycles. The second kappa shape index (κ2) is 5.54. The second-order valence-corrected chi connectivity index (χ2v) is 3.94. The third-order valence-electron chi connectivity index (χ3n) is 2.54. The molecule has 9 nitrogen and oxygen atoms in total. The number of hydrogen-bond acceptors (Lipinski definition) is 6. The van der Waals surface area contributed by atoms with Gasteiger partial charge in [-0.15, -0.1) is 0 Å². The molecule has 1 amide bonds. The van der Waals surface area contributed by atoms with Gasteiger partial charge in [0.15, 0.2) is 0 Å².